The van der Waals surface area contributed by atoms with Crippen molar-refractivity contribution >= 4 is 17.7 Å². The molecule has 1 amide bonds. The lowest BCUT2D eigenvalue weighted by Crippen LogP contribution is -2.13. The molecule has 1 fully saturated rings. The highest BCUT2D eigenvalue weighted by atomic mass is 32.2. The lowest BCUT2D eigenvalue weighted by Gasteiger charge is -2.14. The molecule has 1 saturated carbocycles. The molecule has 0 aliphatic heterocycles. The Morgan fingerprint density at radius 3 is 2.54 bits per heavy atom. The van der Waals surface area contributed by atoms with Crippen LogP contribution in [-0.4, -0.2) is 16.1 Å². The summed E-state index contributed by atoms with van der Waals surface area (Å²) in [4.78, 5) is 16.0. The molecule has 0 unspecified atom stereocenters. The van der Waals surface area contributed by atoms with Crippen molar-refractivity contribution in [3.05, 3.63) is 58.3 Å². The number of nitrogens with two attached hydrogens (primary N) is 1. The summed E-state index contributed by atoms with van der Waals surface area (Å²) in [6.07, 6.45) is 10.2. The number of aromatic nitrogens is 1. The highest BCUT2D eigenvalue weighted by Crippen LogP contribution is 2.36. The van der Waals surface area contributed by atoms with Crippen LogP contribution in [0.3, 0.4) is 0 Å². The fourth-order valence-electron chi connectivity index (χ4n) is 4.19. The van der Waals surface area contributed by atoms with E-state index in [1.807, 2.05) is 23.9 Å². The first kappa shape index (κ1) is 17.6. The van der Waals surface area contributed by atoms with Crippen molar-refractivity contribution in [1.82, 2.24) is 4.98 Å². The molecule has 2 N–H and O–H groups in total. The van der Waals surface area contributed by atoms with Gasteiger partial charge in [0, 0.05) is 10.9 Å². The highest BCUT2D eigenvalue weighted by Gasteiger charge is 2.21. The molecule has 0 saturated heterocycles. The summed E-state index contributed by atoms with van der Waals surface area (Å²) in [5, 5.41) is 1.97. The maximum atomic E-state index is 11.1. The molecule has 0 spiro atoms. The van der Waals surface area contributed by atoms with Gasteiger partial charge in [-0.2, -0.15) is 0 Å². The second-order valence-electron chi connectivity index (χ2n) is 7.56. The summed E-state index contributed by atoms with van der Waals surface area (Å²) in [6.45, 7) is 0. The number of amides is 1. The van der Waals surface area contributed by atoms with Gasteiger partial charge >= 0.3 is 0 Å². The molecule has 2 aliphatic carbocycles. The normalized spacial score (nSPS) is 16.8. The van der Waals surface area contributed by atoms with E-state index >= 15 is 0 Å². The summed E-state index contributed by atoms with van der Waals surface area (Å²) in [5.74, 6) is -0.279. The molecule has 2 aliphatic rings. The van der Waals surface area contributed by atoms with Gasteiger partial charge in [0.15, 0.2) is 0 Å². The number of hydrogen-bond donors (Lipinski definition) is 1. The number of rotatable bonds is 6. The smallest absolute Gasteiger partial charge is 0.221 e. The van der Waals surface area contributed by atoms with E-state index in [1.165, 1.54) is 59.5 Å². The average Bonchev–Trinajstić information content (AvgIpc) is 3.28. The molecule has 26 heavy (non-hydrogen) atoms. The topological polar surface area (TPSA) is 56.0 Å². The Kier molecular flexibility index (Phi) is 5.30. The minimum atomic E-state index is -0.279. The van der Waals surface area contributed by atoms with Crippen LogP contribution in [0.2, 0.25) is 0 Å². The minimum Gasteiger partial charge on any atom is -0.369 e. The Bertz CT molecular complexity index is 795. The van der Waals surface area contributed by atoms with E-state index in [4.69, 9.17) is 10.7 Å². The van der Waals surface area contributed by atoms with E-state index < -0.39 is 0 Å². The largest absolute Gasteiger partial charge is 0.369 e. The number of hydrogen-bond acceptors (Lipinski definition) is 3. The fourth-order valence-corrected chi connectivity index (χ4v) is 5.47. The molecule has 1 aromatic heterocycles. The summed E-state index contributed by atoms with van der Waals surface area (Å²) in [5.41, 5.74) is 11.8. The van der Waals surface area contributed by atoms with Crippen molar-refractivity contribution < 1.29 is 4.79 Å². The van der Waals surface area contributed by atoms with Gasteiger partial charge in [-0.25, -0.2) is 4.98 Å². The number of thioether (sulfide) groups is 1. The molecule has 0 radical (unpaired) electrons. The quantitative estimate of drug-likeness (QED) is 0.832. The molecule has 1 heterocycles. The molecule has 4 heteroatoms. The van der Waals surface area contributed by atoms with Crippen LogP contribution in [0.15, 0.2) is 35.4 Å². The highest BCUT2D eigenvalue weighted by molar-refractivity contribution is 7.99. The lowest BCUT2D eigenvalue weighted by molar-refractivity contribution is -0.117. The molecular formula is C22H26N2OS. The van der Waals surface area contributed by atoms with Crippen LogP contribution in [0.25, 0.3) is 0 Å². The zero-order valence-electron chi connectivity index (χ0n) is 15.2. The van der Waals surface area contributed by atoms with Crippen molar-refractivity contribution in [1.29, 1.82) is 0 Å². The summed E-state index contributed by atoms with van der Waals surface area (Å²) in [6, 6.07) is 10.6. The number of primary amides is 1. The third-order valence-electron chi connectivity index (χ3n) is 5.50. The van der Waals surface area contributed by atoms with Gasteiger partial charge in [0.05, 0.1) is 11.4 Å². The summed E-state index contributed by atoms with van der Waals surface area (Å²) >= 11 is 1.99. The van der Waals surface area contributed by atoms with Gasteiger partial charge in [-0.05, 0) is 66.8 Å². The van der Waals surface area contributed by atoms with Gasteiger partial charge in [0.1, 0.15) is 0 Å². The van der Waals surface area contributed by atoms with E-state index in [2.05, 4.69) is 18.2 Å². The van der Waals surface area contributed by atoms with Crippen molar-refractivity contribution in [2.24, 2.45) is 5.73 Å². The van der Waals surface area contributed by atoms with E-state index in [0.717, 1.165) is 30.1 Å². The van der Waals surface area contributed by atoms with Crippen LogP contribution in [0.1, 0.15) is 60.1 Å². The maximum absolute atomic E-state index is 11.1. The molecule has 2 aromatic rings. The summed E-state index contributed by atoms with van der Waals surface area (Å²) in [7, 11) is 0. The number of fused-ring (bicyclic) bond motifs is 1. The molecular weight excluding hydrogens is 340 g/mol. The third kappa shape index (κ3) is 4.12. The van der Waals surface area contributed by atoms with Crippen molar-refractivity contribution in [2.75, 3.05) is 0 Å². The Labute approximate surface area is 159 Å². The first-order chi connectivity index (χ1) is 12.7. The number of benzene rings is 1. The first-order valence-electron chi connectivity index (χ1n) is 9.72. The van der Waals surface area contributed by atoms with Crippen LogP contribution < -0.4 is 5.73 Å². The van der Waals surface area contributed by atoms with E-state index in [0.29, 0.717) is 6.42 Å². The predicted octanol–water partition coefficient (Wildman–Crippen LogP) is 4.22. The Balaban J connectivity index is 1.54. The third-order valence-corrected chi connectivity index (χ3v) is 6.76. The number of aryl methyl sites for hydroxylation is 1. The van der Waals surface area contributed by atoms with E-state index in [1.54, 1.807) is 0 Å². The Morgan fingerprint density at radius 2 is 1.81 bits per heavy atom. The zero-order chi connectivity index (χ0) is 17.9. The van der Waals surface area contributed by atoms with E-state index in [-0.39, 0.29) is 5.91 Å². The minimum absolute atomic E-state index is 0.279. The van der Waals surface area contributed by atoms with E-state index in [9.17, 15) is 4.79 Å². The van der Waals surface area contributed by atoms with Crippen LogP contribution in [0.5, 0.6) is 0 Å². The molecule has 0 bridgehead atoms. The van der Waals surface area contributed by atoms with Gasteiger partial charge in [0.25, 0.3) is 0 Å². The maximum Gasteiger partial charge on any atom is 0.221 e. The zero-order valence-corrected chi connectivity index (χ0v) is 16.0. The SMILES string of the molecule is NC(=O)Cc1ccc(Cc2cc(SC3CCCC3)nc3c2CCC3)cc1. The lowest BCUT2D eigenvalue weighted by atomic mass is 9.99. The molecule has 1 aromatic carbocycles. The van der Waals surface area contributed by atoms with Crippen LogP contribution in [0.4, 0.5) is 0 Å². The van der Waals surface area contributed by atoms with Gasteiger partial charge in [0.2, 0.25) is 5.91 Å². The monoisotopic (exact) mass is 366 g/mol. The Morgan fingerprint density at radius 1 is 1.08 bits per heavy atom. The summed E-state index contributed by atoms with van der Waals surface area (Å²) < 4.78 is 0. The fraction of sp³-hybridized carbons (Fsp3) is 0.455. The standard InChI is InChI=1S/C22H26N2OS/c23-21(25)13-16-10-8-15(9-11-16)12-17-14-22(26-18-4-1-2-5-18)24-20-7-3-6-19(17)20/h8-11,14,18H,1-7,12-13H2,(H2,23,25). The second kappa shape index (κ2) is 7.83. The molecule has 3 nitrogen and oxygen atoms in total. The second-order valence-corrected chi connectivity index (χ2v) is 8.88. The van der Waals surface area contributed by atoms with Gasteiger partial charge in [-0.1, -0.05) is 37.1 Å². The number of carbonyl (C=O) groups is 1. The molecule has 4 rings (SSSR count). The van der Waals surface area contributed by atoms with Crippen molar-refractivity contribution in [3.8, 4) is 0 Å². The average molecular weight is 367 g/mol. The molecule has 0 atom stereocenters. The van der Waals surface area contributed by atoms with Gasteiger partial charge in [-0.15, -0.1) is 11.8 Å². The predicted molar refractivity (Wildman–Crippen MR) is 107 cm³/mol. The van der Waals surface area contributed by atoms with Crippen LogP contribution in [0, 0.1) is 0 Å². The van der Waals surface area contributed by atoms with Gasteiger partial charge in [-0.3, -0.25) is 4.79 Å². The first-order valence-corrected chi connectivity index (χ1v) is 10.6. The number of nitrogens with zero attached hydrogens (tertiary/aromatic N) is 1. The van der Waals surface area contributed by atoms with Crippen LogP contribution in [-0.2, 0) is 30.5 Å². The van der Waals surface area contributed by atoms with Crippen molar-refractivity contribution in [3.63, 3.8) is 0 Å². The molecule has 136 valence electrons. The van der Waals surface area contributed by atoms with Crippen LogP contribution >= 0.6 is 11.8 Å². The number of pyridine rings is 1. The van der Waals surface area contributed by atoms with Gasteiger partial charge < -0.3 is 5.73 Å². The Hall–Kier alpha value is -1.81. The number of carbonyl (C=O) groups excluding carboxylic acids is 1. The van der Waals surface area contributed by atoms with Crippen molar-refractivity contribution in [2.45, 2.75) is 68.1 Å².